The third kappa shape index (κ3) is 3.88. The molecule has 0 saturated heterocycles. The minimum Gasteiger partial charge on any atom is -0.342 e. The molecule has 1 atom stereocenters. The molecule has 5 nitrogen and oxygen atoms in total. The second-order valence-corrected chi connectivity index (χ2v) is 5.68. The molecule has 0 bridgehead atoms. The largest absolute Gasteiger partial charge is 0.342 e. The van der Waals surface area contributed by atoms with Crippen molar-refractivity contribution in [1.82, 2.24) is 15.3 Å². The summed E-state index contributed by atoms with van der Waals surface area (Å²) in [6.45, 7) is 4.12. The fraction of sp³-hybridized carbons (Fsp3) is 0.267. The zero-order valence-corrected chi connectivity index (χ0v) is 12.7. The highest BCUT2D eigenvalue weighted by Crippen LogP contribution is 2.19. The van der Waals surface area contributed by atoms with Crippen molar-refractivity contribution in [1.29, 1.82) is 0 Å². The molecule has 2 aromatic rings. The van der Waals surface area contributed by atoms with E-state index in [1.807, 2.05) is 13.8 Å². The van der Waals surface area contributed by atoms with Crippen LogP contribution < -0.4 is 11.1 Å². The van der Waals surface area contributed by atoms with Crippen LogP contribution in [0.25, 0.3) is 0 Å². The Labute approximate surface area is 127 Å². The van der Waals surface area contributed by atoms with Gasteiger partial charge in [-0.15, -0.1) is 11.3 Å². The van der Waals surface area contributed by atoms with Crippen molar-refractivity contribution in [2.24, 2.45) is 5.73 Å². The standard InChI is InChI=1S/C15H16N4OS/c1-10-9-18-15(21-10)11(2)19-14(20)13-12(5-3-7-16)6-4-8-17-13/h4,6,8-9,11H,7,16H2,1-2H3,(H,19,20). The summed E-state index contributed by atoms with van der Waals surface area (Å²) in [4.78, 5) is 21.8. The first kappa shape index (κ1) is 15.2. The van der Waals surface area contributed by atoms with E-state index >= 15 is 0 Å². The van der Waals surface area contributed by atoms with Crippen LogP contribution in [0.1, 0.15) is 38.9 Å². The second-order valence-electron chi connectivity index (χ2n) is 4.41. The fourth-order valence-corrected chi connectivity index (χ4v) is 2.51. The van der Waals surface area contributed by atoms with Gasteiger partial charge in [-0.2, -0.15) is 0 Å². The number of pyridine rings is 1. The summed E-state index contributed by atoms with van der Waals surface area (Å²) in [5, 5.41) is 3.76. The lowest BCUT2D eigenvalue weighted by atomic mass is 10.2. The molecule has 0 aliphatic rings. The van der Waals surface area contributed by atoms with Gasteiger partial charge in [0.05, 0.1) is 18.2 Å². The Hall–Kier alpha value is -2.23. The highest BCUT2D eigenvalue weighted by molar-refractivity contribution is 7.11. The van der Waals surface area contributed by atoms with Crippen LogP contribution in [0.15, 0.2) is 24.5 Å². The SMILES string of the molecule is Cc1cnc(C(C)NC(=O)c2ncccc2C#CCN)s1. The summed E-state index contributed by atoms with van der Waals surface area (Å²) in [5.74, 6) is 5.33. The molecule has 0 spiro atoms. The summed E-state index contributed by atoms with van der Waals surface area (Å²) in [7, 11) is 0. The Bertz CT molecular complexity index is 699. The van der Waals surface area contributed by atoms with Gasteiger partial charge in [-0.05, 0) is 26.0 Å². The first-order chi connectivity index (χ1) is 10.1. The molecule has 0 fully saturated rings. The van der Waals surface area contributed by atoms with Gasteiger partial charge < -0.3 is 11.1 Å². The van der Waals surface area contributed by atoms with E-state index in [9.17, 15) is 4.79 Å². The zero-order chi connectivity index (χ0) is 15.2. The summed E-state index contributed by atoms with van der Waals surface area (Å²) in [6, 6.07) is 3.32. The van der Waals surface area contributed by atoms with Crippen molar-refractivity contribution in [2.45, 2.75) is 19.9 Å². The van der Waals surface area contributed by atoms with E-state index in [4.69, 9.17) is 5.73 Å². The number of carbonyl (C=O) groups excluding carboxylic acids is 1. The second kappa shape index (κ2) is 6.97. The predicted molar refractivity (Wildman–Crippen MR) is 82.9 cm³/mol. The first-order valence-corrected chi connectivity index (χ1v) is 7.30. The Morgan fingerprint density at radius 2 is 2.33 bits per heavy atom. The van der Waals surface area contributed by atoms with E-state index < -0.39 is 0 Å². The van der Waals surface area contributed by atoms with Gasteiger partial charge in [-0.1, -0.05) is 11.8 Å². The molecule has 6 heteroatoms. The number of nitrogens with zero attached hydrogens (tertiary/aromatic N) is 2. The number of hydrogen-bond donors (Lipinski definition) is 2. The molecule has 2 rings (SSSR count). The lowest BCUT2D eigenvalue weighted by molar-refractivity contribution is 0.0934. The maximum Gasteiger partial charge on any atom is 0.271 e. The number of rotatable bonds is 3. The first-order valence-electron chi connectivity index (χ1n) is 6.49. The van der Waals surface area contributed by atoms with Crippen LogP contribution in [0, 0.1) is 18.8 Å². The van der Waals surface area contributed by atoms with E-state index in [-0.39, 0.29) is 18.5 Å². The van der Waals surface area contributed by atoms with Crippen LogP contribution in [0.3, 0.4) is 0 Å². The molecule has 108 valence electrons. The normalized spacial score (nSPS) is 11.4. The summed E-state index contributed by atoms with van der Waals surface area (Å²) < 4.78 is 0. The number of thiazole rings is 1. The average molecular weight is 300 g/mol. The maximum atomic E-state index is 12.3. The van der Waals surface area contributed by atoms with Crippen LogP contribution in [-0.4, -0.2) is 22.4 Å². The molecule has 0 aromatic carbocycles. The minimum absolute atomic E-state index is 0.173. The number of hydrogen-bond acceptors (Lipinski definition) is 5. The number of aryl methyl sites for hydroxylation is 1. The van der Waals surface area contributed by atoms with E-state index in [2.05, 4.69) is 27.1 Å². The Kier molecular flexibility index (Phi) is 5.04. The summed E-state index contributed by atoms with van der Waals surface area (Å²) >= 11 is 1.56. The third-order valence-corrected chi connectivity index (χ3v) is 3.80. The average Bonchev–Trinajstić information content (AvgIpc) is 2.92. The molecule has 0 saturated carbocycles. The Balaban J connectivity index is 2.17. The van der Waals surface area contributed by atoms with Crippen molar-refractivity contribution in [3.63, 3.8) is 0 Å². The van der Waals surface area contributed by atoms with E-state index in [0.717, 1.165) is 9.88 Å². The summed E-state index contributed by atoms with van der Waals surface area (Å²) in [5.41, 5.74) is 6.24. The predicted octanol–water partition coefficient (Wildman–Crippen LogP) is 1.65. The van der Waals surface area contributed by atoms with Gasteiger partial charge in [0.15, 0.2) is 0 Å². The molecule has 1 amide bonds. The van der Waals surface area contributed by atoms with Gasteiger partial charge in [0.2, 0.25) is 0 Å². The molecule has 2 aromatic heterocycles. The fourth-order valence-electron chi connectivity index (χ4n) is 1.73. The molecule has 0 aliphatic heterocycles. The van der Waals surface area contributed by atoms with E-state index in [0.29, 0.717) is 11.3 Å². The Morgan fingerprint density at radius 3 is 3.00 bits per heavy atom. The molecule has 0 radical (unpaired) electrons. The lowest BCUT2D eigenvalue weighted by Gasteiger charge is -2.11. The third-order valence-electron chi connectivity index (χ3n) is 2.71. The van der Waals surface area contributed by atoms with Crippen molar-refractivity contribution < 1.29 is 4.79 Å². The quantitative estimate of drug-likeness (QED) is 0.845. The highest BCUT2D eigenvalue weighted by atomic mass is 32.1. The zero-order valence-electron chi connectivity index (χ0n) is 11.9. The molecule has 2 heterocycles. The van der Waals surface area contributed by atoms with Gasteiger partial charge >= 0.3 is 0 Å². The van der Waals surface area contributed by atoms with Crippen LogP contribution in [-0.2, 0) is 0 Å². The molecule has 3 N–H and O–H groups in total. The van der Waals surface area contributed by atoms with Crippen LogP contribution in [0.2, 0.25) is 0 Å². The molecule has 1 unspecified atom stereocenters. The monoisotopic (exact) mass is 300 g/mol. The number of carbonyl (C=O) groups is 1. The smallest absolute Gasteiger partial charge is 0.271 e. The molecular weight excluding hydrogens is 284 g/mol. The number of nitrogens with two attached hydrogens (primary N) is 1. The maximum absolute atomic E-state index is 12.3. The lowest BCUT2D eigenvalue weighted by Crippen LogP contribution is -2.28. The summed E-state index contributed by atoms with van der Waals surface area (Å²) in [6.07, 6.45) is 3.36. The van der Waals surface area contributed by atoms with Gasteiger partial charge in [0.1, 0.15) is 10.7 Å². The molecule has 21 heavy (non-hydrogen) atoms. The number of aromatic nitrogens is 2. The van der Waals surface area contributed by atoms with Crippen LogP contribution in [0.4, 0.5) is 0 Å². The van der Waals surface area contributed by atoms with Crippen molar-refractivity contribution in [3.05, 3.63) is 45.7 Å². The molecule has 0 aliphatic carbocycles. The van der Waals surface area contributed by atoms with Gasteiger partial charge in [0.25, 0.3) is 5.91 Å². The van der Waals surface area contributed by atoms with Gasteiger partial charge in [0, 0.05) is 17.3 Å². The highest BCUT2D eigenvalue weighted by Gasteiger charge is 2.17. The van der Waals surface area contributed by atoms with Gasteiger partial charge in [-0.25, -0.2) is 9.97 Å². The van der Waals surface area contributed by atoms with Crippen molar-refractivity contribution in [3.8, 4) is 11.8 Å². The van der Waals surface area contributed by atoms with Crippen molar-refractivity contribution >= 4 is 17.2 Å². The van der Waals surface area contributed by atoms with Crippen LogP contribution in [0.5, 0.6) is 0 Å². The van der Waals surface area contributed by atoms with Gasteiger partial charge in [-0.3, -0.25) is 4.79 Å². The van der Waals surface area contributed by atoms with E-state index in [1.54, 1.807) is 35.9 Å². The van der Waals surface area contributed by atoms with E-state index in [1.165, 1.54) is 0 Å². The Morgan fingerprint density at radius 1 is 1.52 bits per heavy atom. The van der Waals surface area contributed by atoms with Crippen molar-refractivity contribution in [2.75, 3.05) is 6.54 Å². The van der Waals surface area contributed by atoms with Crippen LogP contribution >= 0.6 is 11.3 Å². The number of amides is 1. The number of nitrogens with one attached hydrogen (secondary N) is 1. The minimum atomic E-state index is -0.266. The molecular formula is C15H16N4OS. The topological polar surface area (TPSA) is 80.9 Å².